The fourth-order valence-corrected chi connectivity index (χ4v) is 4.28. The first-order valence-corrected chi connectivity index (χ1v) is 9.61. The highest BCUT2D eigenvalue weighted by Crippen LogP contribution is 2.27. The zero-order chi connectivity index (χ0) is 18.3. The lowest BCUT2D eigenvalue weighted by molar-refractivity contribution is 0.345. The van der Waals surface area contributed by atoms with Gasteiger partial charge in [-0.1, -0.05) is 26.0 Å². The first-order valence-electron chi connectivity index (χ1n) is 8.13. The van der Waals surface area contributed by atoms with E-state index in [1.165, 1.54) is 0 Å². The molecule has 0 spiro atoms. The van der Waals surface area contributed by atoms with E-state index in [1.54, 1.807) is 24.6 Å². The van der Waals surface area contributed by atoms with Crippen LogP contribution in [0.1, 0.15) is 57.5 Å². The van der Waals surface area contributed by atoms with Crippen LogP contribution in [-0.2, 0) is 15.6 Å². The van der Waals surface area contributed by atoms with E-state index in [2.05, 4.69) is 23.7 Å². The van der Waals surface area contributed by atoms with Crippen LogP contribution < -0.4 is 4.72 Å². The van der Waals surface area contributed by atoms with Gasteiger partial charge in [-0.15, -0.1) is 0 Å². The average molecular weight is 350 g/mol. The Hall–Kier alpha value is -1.82. The highest BCUT2D eigenvalue weighted by atomic mass is 32.2. The van der Waals surface area contributed by atoms with Crippen LogP contribution in [0.4, 0.5) is 5.69 Å². The zero-order valence-electron chi connectivity index (χ0n) is 15.5. The molecule has 24 heavy (non-hydrogen) atoms. The van der Waals surface area contributed by atoms with Crippen LogP contribution in [0.15, 0.2) is 29.2 Å². The second-order valence-electron chi connectivity index (χ2n) is 7.47. The maximum atomic E-state index is 12.9. The number of nitrogens with zero attached hydrogens (tertiary/aromatic N) is 2. The van der Waals surface area contributed by atoms with Gasteiger partial charge in [-0.2, -0.15) is 5.10 Å². The monoisotopic (exact) mass is 349 g/mol. The zero-order valence-corrected chi connectivity index (χ0v) is 16.3. The van der Waals surface area contributed by atoms with Crippen molar-refractivity contribution in [2.75, 3.05) is 4.72 Å². The van der Waals surface area contributed by atoms with Crippen LogP contribution in [-0.4, -0.2) is 18.2 Å². The molecule has 1 N–H and O–H groups in total. The summed E-state index contributed by atoms with van der Waals surface area (Å²) < 4.78 is 30.3. The number of benzene rings is 1. The molecule has 132 valence electrons. The summed E-state index contributed by atoms with van der Waals surface area (Å²) in [7, 11) is -3.69. The van der Waals surface area contributed by atoms with Gasteiger partial charge in [0.2, 0.25) is 0 Å². The van der Waals surface area contributed by atoms with E-state index < -0.39 is 10.0 Å². The quantitative estimate of drug-likeness (QED) is 0.900. The van der Waals surface area contributed by atoms with Gasteiger partial charge in [0.05, 0.1) is 16.9 Å². The second-order valence-corrected chi connectivity index (χ2v) is 9.09. The maximum Gasteiger partial charge on any atom is 0.265 e. The number of aryl methyl sites for hydroxylation is 1. The molecule has 0 radical (unpaired) electrons. The third kappa shape index (κ3) is 3.64. The van der Waals surface area contributed by atoms with Gasteiger partial charge in [0, 0.05) is 5.69 Å². The summed E-state index contributed by atoms with van der Waals surface area (Å²) in [5.74, 6) is 0.335. The summed E-state index contributed by atoms with van der Waals surface area (Å²) >= 11 is 0. The van der Waals surface area contributed by atoms with Crippen molar-refractivity contribution in [1.29, 1.82) is 0 Å². The lowest BCUT2D eigenvalue weighted by atomic mass is 10.0. The Bertz CT molecular complexity index is 844. The van der Waals surface area contributed by atoms with Crippen molar-refractivity contribution in [3.05, 3.63) is 41.2 Å². The van der Waals surface area contributed by atoms with E-state index in [-0.39, 0.29) is 10.4 Å². The molecule has 0 aliphatic carbocycles. The Morgan fingerprint density at radius 2 is 1.79 bits per heavy atom. The molecule has 1 heterocycles. The molecule has 0 saturated carbocycles. The molecular formula is C18H27N3O2S. The molecule has 0 aliphatic heterocycles. The first kappa shape index (κ1) is 18.5. The number of aromatic nitrogens is 2. The van der Waals surface area contributed by atoms with Crippen LogP contribution in [0.25, 0.3) is 0 Å². The Morgan fingerprint density at radius 1 is 1.17 bits per heavy atom. The van der Waals surface area contributed by atoms with Crippen molar-refractivity contribution in [2.45, 2.75) is 64.8 Å². The molecule has 0 fully saturated rings. The van der Waals surface area contributed by atoms with Crippen LogP contribution in [0, 0.1) is 13.8 Å². The lowest BCUT2D eigenvalue weighted by Gasteiger charge is -2.21. The van der Waals surface area contributed by atoms with E-state index in [0.717, 1.165) is 5.56 Å². The molecule has 1 aromatic carbocycles. The summed E-state index contributed by atoms with van der Waals surface area (Å²) in [6.07, 6.45) is 0. The minimum Gasteiger partial charge on any atom is -0.280 e. The van der Waals surface area contributed by atoms with Gasteiger partial charge in [-0.3, -0.25) is 9.40 Å². The van der Waals surface area contributed by atoms with E-state index >= 15 is 0 Å². The summed E-state index contributed by atoms with van der Waals surface area (Å²) in [6, 6.07) is 7.51. The standard InChI is InChI=1S/C18H27N3O2S/c1-12(2)15-9-8-10-16(11-15)20-24(22,23)17-13(3)19-21(14(17)4)18(5,6)7/h8-12,20H,1-7H3. The van der Waals surface area contributed by atoms with Gasteiger partial charge in [-0.05, 0) is 58.2 Å². The van der Waals surface area contributed by atoms with Gasteiger partial charge >= 0.3 is 0 Å². The topological polar surface area (TPSA) is 64.0 Å². The number of sulfonamides is 1. The van der Waals surface area contributed by atoms with E-state index in [4.69, 9.17) is 0 Å². The molecule has 1 aromatic heterocycles. The van der Waals surface area contributed by atoms with E-state index in [9.17, 15) is 8.42 Å². The second kappa shape index (κ2) is 6.24. The minimum atomic E-state index is -3.69. The van der Waals surface area contributed by atoms with Gasteiger partial charge in [0.15, 0.2) is 0 Å². The molecule has 0 atom stereocenters. The summed E-state index contributed by atoms with van der Waals surface area (Å²) in [5.41, 5.74) is 2.54. The summed E-state index contributed by atoms with van der Waals surface area (Å²) in [4.78, 5) is 0.257. The Balaban J connectivity index is 2.46. The Morgan fingerprint density at radius 3 is 2.29 bits per heavy atom. The van der Waals surface area contributed by atoms with Crippen molar-refractivity contribution in [3.63, 3.8) is 0 Å². The molecule has 0 bridgehead atoms. The van der Waals surface area contributed by atoms with Crippen molar-refractivity contribution in [3.8, 4) is 0 Å². The summed E-state index contributed by atoms with van der Waals surface area (Å²) in [6.45, 7) is 13.7. The van der Waals surface area contributed by atoms with Crippen LogP contribution in [0.5, 0.6) is 0 Å². The normalized spacial score (nSPS) is 12.7. The number of anilines is 1. The lowest BCUT2D eigenvalue weighted by Crippen LogP contribution is -2.25. The van der Waals surface area contributed by atoms with Crippen molar-refractivity contribution >= 4 is 15.7 Å². The third-order valence-electron chi connectivity index (χ3n) is 3.93. The van der Waals surface area contributed by atoms with Gasteiger partial charge < -0.3 is 0 Å². The average Bonchev–Trinajstić information content (AvgIpc) is 2.74. The molecule has 0 amide bonds. The van der Waals surface area contributed by atoms with Gasteiger partial charge in [0.25, 0.3) is 10.0 Å². The maximum absolute atomic E-state index is 12.9. The van der Waals surface area contributed by atoms with Crippen molar-refractivity contribution < 1.29 is 8.42 Å². The number of hydrogen-bond donors (Lipinski definition) is 1. The first-order chi connectivity index (χ1) is 10.9. The highest BCUT2D eigenvalue weighted by molar-refractivity contribution is 7.92. The molecule has 6 heteroatoms. The highest BCUT2D eigenvalue weighted by Gasteiger charge is 2.28. The molecular weight excluding hydrogens is 322 g/mol. The molecule has 0 unspecified atom stereocenters. The Kier molecular flexibility index (Phi) is 4.81. The van der Waals surface area contributed by atoms with Crippen LogP contribution >= 0.6 is 0 Å². The SMILES string of the molecule is Cc1nn(C(C)(C)C)c(C)c1S(=O)(=O)Nc1cccc(C(C)C)c1. The largest absolute Gasteiger partial charge is 0.280 e. The van der Waals surface area contributed by atoms with E-state index in [0.29, 0.717) is 23.0 Å². The third-order valence-corrected chi connectivity index (χ3v) is 5.57. The van der Waals surface area contributed by atoms with Gasteiger partial charge in [-0.25, -0.2) is 8.42 Å². The van der Waals surface area contributed by atoms with Crippen molar-refractivity contribution in [1.82, 2.24) is 9.78 Å². The fraction of sp³-hybridized carbons (Fsp3) is 0.500. The number of rotatable bonds is 4. The Labute approximate surface area is 145 Å². The fourth-order valence-electron chi connectivity index (χ4n) is 2.84. The summed E-state index contributed by atoms with van der Waals surface area (Å²) in [5, 5.41) is 4.43. The van der Waals surface area contributed by atoms with Crippen LogP contribution in [0.3, 0.4) is 0 Å². The minimum absolute atomic E-state index is 0.257. The molecule has 0 aliphatic rings. The molecule has 5 nitrogen and oxygen atoms in total. The number of hydrogen-bond acceptors (Lipinski definition) is 3. The molecule has 2 rings (SSSR count). The van der Waals surface area contributed by atoms with Gasteiger partial charge in [0.1, 0.15) is 4.90 Å². The van der Waals surface area contributed by atoms with Crippen molar-refractivity contribution in [2.24, 2.45) is 0 Å². The molecule has 2 aromatic rings. The van der Waals surface area contributed by atoms with E-state index in [1.807, 2.05) is 39.0 Å². The smallest absolute Gasteiger partial charge is 0.265 e. The van der Waals surface area contributed by atoms with Crippen LogP contribution in [0.2, 0.25) is 0 Å². The predicted octanol–water partition coefficient (Wildman–Crippen LogP) is 4.18. The predicted molar refractivity (Wildman–Crippen MR) is 98.0 cm³/mol. The number of nitrogens with one attached hydrogen (secondary N) is 1. The molecule has 0 saturated heterocycles.